The normalized spacial score (nSPS) is 10.7. The van der Waals surface area contributed by atoms with Crippen molar-refractivity contribution in [1.82, 2.24) is 9.97 Å². The Bertz CT molecular complexity index is 728. The molecule has 0 saturated carbocycles. The summed E-state index contributed by atoms with van der Waals surface area (Å²) in [4.78, 5) is 8.79. The van der Waals surface area contributed by atoms with Crippen LogP contribution in [0.25, 0.3) is 11.0 Å². The number of aromatic nitrogens is 2. The van der Waals surface area contributed by atoms with Gasteiger partial charge in [0.25, 0.3) is 0 Å². The zero-order chi connectivity index (χ0) is 14.5. The molecule has 21 heavy (non-hydrogen) atoms. The van der Waals surface area contributed by atoms with E-state index in [0.717, 1.165) is 40.6 Å². The third-order valence-electron chi connectivity index (χ3n) is 3.34. The molecule has 0 aliphatic heterocycles. The Labute approximate surface area is 132 Å². The minimum Gasteiger partial charge on any atom is -0.383 e. The Morgan fingerprint density at radius 2 is 1.90 bits per heavy atom. The van der Waals surface area contributed by atoms with Crippen molar-refractivity contribution in [3.63, 3.8) is 0 Å². The molecule has 0 aliphatic rings. The largest absolute Gasteiger partial charge is 0.383 e. The van der Waals surface area contributed by atoms with Crippen molar-refractivity contribution in [1.29, 1.82) is 0 Å². The Balaban J connectivity index is 1.63. The first kappa shape index (κ1) is 14.0. The topological polar surface area (TPSA) is 37.8 Å². The van der Waals surface area contributed by atoms with Crippen molar-refractivity contribution >= 4 is 32.7 Å². The third-order valence-corrected chi connectivity index (χ3v) is 3.78. The van der Waals surface area contributed by atoms with Gasteiger partial charge in [0, 0.05) is 23.4 Å². The minimum atomic E-state index is 0.900. The Kier molecular flexibility index (Phi) is 4.46. The highest BCUT2D eigenvalue weighted by Gasteiger charge is 2.03. The minimum absolute atomic E-state index is 0.900. The van der Waals surface area contributed by atoms with Gasteiger partial charge in [-0.2, -0.15) is 0 Å². The number of hydrogen-bond donors (Lipinski definition) is 1. The van der Waals surface area contributed by atoms with E-state index in [1.54, 1.807) is 6.20 Å². The van der Waals surface area contributed by atoms with E-state index in [9.17, 15) is 0 Å². The highest BCUT2D eigenvalue weighted by atomic mass is 79.9. The highest BCUT2D eigenvalue weighted by Crippen LogP contribution is 2.21. The van der Waals surface area contributed by atoms with E-state index in [4.69, 9.17) is 0 Å². The van der Waals surface area contributed by atoms with Gasteiger partial charge in [-0.25, -0.2) is 0 Å². The molecule has 0 radical (unpaired) electrons. The molecule has 3 nitrogen and oxygen atoms in total. The average molecular weight is 342 g/mol. The smallest absolute Gasteiger partial charge is 0.112 e. The molecule has 2 aromatic heterocycles. The van der Waals surface area contributed by atoms with Crippen LogP contribution in [0, 0.1) is 0 Å². The van der Waals surface area contributed by atoms with E-state index in [-0.39, 0.29) is 0 Å². The van der Waals surface area contributed by atoms with Crippen LogP contribution in [0.2, 0.25) is 0 Å². The van der Waals surface area contributed by atoms with Crippen LogP contribution in [-0.2, 0) is 6.42 Å². The molecule has 106 valence electrons. The fourth-order valence-electron chi connectivity index (χ4n) is 2.31. The second-order valence-corrected chi connectivity index (χ2v) is 5.81. The number of fused-ring (bicyclic) bond motifs is 1. The lowest BCUT2D eigenvalue weighted by Gasteiger charge is -2.09. The van der Waals surface area contributed by atoms with Crippen LogP contribution >= 0.6 is 15.9 Å². The second kappa shape index (κ2) is 6.68. The average Bonchev–Trinajstić information content (AvgIpc) is 2.52. The van der Waals surface area contributed by atoms with E-state index in [1.807, 2.05) is 18.3 Å². The maximum Gasteiger partial charge on any atom is 0.112 e. The number of pyridine rings is 2. The van der Waals surface area contributed by atoms with Crippen molar-refractivity contribution in [3.8, 4) is 0 Å². The van der Waals surface area contributed by atoms with Crippen LogP contribution < -0.4 is 5.32 Å². The summed E-state index contributed by atoms with van der Waals surface area (Å²) < 4.78 is 0.948. The Morgan fingerprint density at radius 3 is 2.76 bits per heavy atom. The van der Waals surface area contributed by atoms with E-state index in [1.165, 1.54) is 5.56 Å². The van der Waals surface area contributed by atoms with Crippen LogP contribution in [0.15, 0.2) is 59.3 Å². The van der Waals surface area contributed by atoms with Crippen molar-refractivity contribution in [3.05, 3.63) is 64.9 Å². The van der Waals surface area contributed by atoms with E-state index < -0.39 is 0 Å². The highest BCUT2D eigenvalue weighted by molar-refractivity contribution is 9.10. The van der Waals surface area contributed by atoms with Crippen molar-refractivity contribution in [2.45, 2.75) is 12.8 Å². The summed E-state index contributed by atoms with van der Waals surface area (Å²) in [7, 11) is 0. The third kappa shape index (κ3) is 3.58. The Morgan fingerprint density at radius 1 is 1.05 bits per heavy atom. The molecule has 1 N–H and O–H groups in total. The molecule has 0 aliphatic carbocycles. The molecule has 0 spiro atoms. The summed E-state index contributed by atoms with van der Waals surface area (Å²) in [6.45, 7) is 0.922. The molecule has 2 heterocycles. The lowest BCUT2D eigenvalue weighted by Crippen LogP contribution is -2.04. The van der Waals surface area contributed by atoms with Gasteiger partial charge in [0.1, 0.15) is 5.52 Å². The lowest BCUT2D eigenvalue weighted by atomic mass is 10.1. The maximum absolute atomic E-state index is 4.45. The predicted molar refractivity (Wildman–Crippen MR) is 90.5 cm³/mol. The summed E-state index contributed by atoms with van der Waals surface area (Å²) >= 11 is 3.42. The molecule has 0 amide bonds. The van der Waals surface area contributed by atoms with Crippen molar-refractivity contribution < 1.29 is 0 Å². The van der Waals surface area contributed by atoms with Crippen molar-refractivity contribution in [2.24, 2.45) is 0 Å². The summed E-state index contributed by atoms with van der Waals surface area (Å²) in [5.41, 5.74) is 4.24. The van der Waals surface area contributed by atoms with E-state index in [0.29, 0.717) is 0 Å². The molecular weight excluding hydrogens is 326 g/mol. The Hall–Kier alpha value is -1.94. The molecule has 3 rings (SSSR count). The molecular formula is C17H16BrN3. The van der Waals surface area contributed by atoms with Gasteiger partial charge >= 0.3 is 0 Å². The predicted octanol–water partition coefficient (Wildman–Crippen LogP) is 4.44. The molecule has 0 saturated heterocycles. The van der Waals surface area contributed by atoms with Gasteiger partial charge in [0.05, 0.1) is 11.2 Å². The van der Waals surface area contributed by atoms with Crippen LogP contribution in [-0.4, -0.2) is 16.5 Å². The number of benzene rings is 1. The van der Waals surface area contributed by atoms with Gasteiger partial charge in [-0.15, -0.1) is 0 Å². The fourth-order valence-corrected chi connectivity index (χ4v) is 2.63. The molecule has 3 aromatic rings. The summed E-state index contributed by atoms with van der Waals surface area (Å²) in [5.74, 6) is 0. The van der Waals surface area contributed by atoms with Crippen LogP contribution in [0.5, 0.6) is 0 Å². The number of halogens is 1. The lowest BCUT2D eigenvalue weighted by molar-refractivity contribution is 0.863. The number of nitrogens with zero attached hydrogens (tertiary/aromatic N) is 2. The van der Waals surface area contributed by atoms with Gasteiger partial charge in [0.2, 0.25) is 0 Å². The zero-order valence-corrected chi connectivity index (χ0v) is 13.2. The van der Waals surface area contributed by atoms with Crippen molar-refractivity contribution in [2.75, 3.05) is 11.9 Å². The molecule has 0 unspecified atom stereocenters. The van der Waals surface area contributed by atoms with Gasteiger partial charge in [0.15, 0.2) is 0 Å². The summed E-state index contributed by atoms with van der Waals surface area (Å²) in [6.07, 6.45) is 5.79. The molecule has 0 bridgehead atoms. The van der Waals surface area contributed by atoms with Gasteiger partial charge in [-0.05, 0) is 46.5 Å². The molecule has 0 atom stereocenters. The van der Waals surface area contributed by atoms with Gasteiger partial charge in [-0.1, -0.05) is 30.3 Å². The molecule has 1 aromatic carbocycles. The first-order chi connectivity index (χ1) is 10.3. The number of hydrogen-bond acceptors (Lipinski definition) is 3. The monoisotopic (exact) mass is 341 g/mol. The zero-order valence-electron chi connectivity index (χ0n) is 11.6. The second-order valence-electron chi connectivity index (χ2n) is 4.90. The number of aryl methyl sites for hydroxylation is 1. The van der Waals surface area contributed by atoms with E-state index in [2.05, 4.69) is 61.5 Å². The number of nitrogens with one attached hydrogen (secondary N) is 1. The van der Waals surface area contributed by atoms with Gasteiger partial charge < -0.3 is 5.32 Å². The quantitative estimate of drug-likeness (QED) is 0.697. The maximum atomic E-state index is 4.45. The summed E-state index contributed by atoms with van der Waals surface area (Å²) in [5, 5.41) is 3.46. The molecule has 0 fully saturated rings. The summed E-state index contributed by atoms with van der Waals surface area (Å²) in [6, 6.07) is 14.5. The number of anilines is 1. The standard InChI is InChI=1S/C17H16BrN3/c18-14-11-16-17(21-12-14)15(8-10-20-16)19-9-4-7-13-5-2-1-3-6-13/h1-3,5-6,8,10-12H,4,7,9H2,(H,19,20). The SMILES string of the molecule is Brc1cnc2c(NCCCc3ccccc3)ccnc2c1. The molecule has 4 heteroatoms. The number of rotatable bonds is 5. The first-order valence-corrected chi connectivity index (χ1v) is 7.80. The first-order valence-electron chi connectivity index (χ1n) is 7.01. The van der Waals surface area contributed by atoms with Crippen LogP contribution in [0.4, 0.5) is 5.69 Å². The van der Waals surface area contributed by atoms with Gasteiger partial charge in [-0.3, -0.25) is 9.97 Å². The van der Waals surface area contributed by atoms with Crippen LogP contribution in [0.1, 0.15) is 12.0 Å². The fraction of sp³-hybridized carbons (Fsp3) is 0.176. The van der Waals surface area contributed by atoms with E-state index >= 15 is 0 Å². The van der Waals surface area contributed by atoms with Crippen LogP contribution in [0.3, 0.4) is 0 Å².